The van der Waals surface area contributed by atoms with Crippen LogP contribution in [0, 0.1) is 0 Å². The van der Waals surface area contributed by atoms with E-state index in [9.17, 15) is 0 Å². The van der Waals surface area contributed by atoms with Crippen LogP contribution in [0.3, 0.4) is 0 Å². The predicted molar refractivity (Wildman–Crippen MR) is 63.2 cm³/mol. The molecule has 2 atom stereocenters. The summed E-state index contributed by atoms with van der Waals surface area (Å²) in [5.41, 5.74) is 0. The van der Waals surface area contributed by atoms with E-state index in [-0.39, 0.29) is 12.1 Å². The minimum Gasteiger partial charge on any atom is -0.381 e. The van der Waals surface area contributed by atoms with E-state index in [0.29, 0.717) is 11.8 Å². The molecule has 1 aromatic rings. The SMILES string of the molecule is CO[C@@H]1CN[C@@H](c2nc(C3CCOCC3)no2)C1. The lowest BCUT2D eigenvalue weighted by Crippen LogP contribution is -2.17. The fourth-order valence-corrected chi connectivity index (χ4v) is 2.58. The third-order valence-corrected chi connectivity index (χ3v) is 3.77. The van der Waals surface area contributed by atoms with Gasteiger partial charge < -0.3 is 19.3 Å². The summed E-state index contributed by atoms with van der Waals surface area (Å²) in [5.74, 6) is 1.91. The van der Waals surface area contributed by atoms with Gasteiger partial charge in [-0.2, -0.15) is 4.98 Å². The van der Waals surface area contributed by atoms with Crippen molar-refractivity contribution in [3.05, 3.63) is 11.7 Å². The maximum absolute atomic E-state index is 5.37. The van der Waals surface area contributed by atoms with Crippen LogP contribution in [0.5, 0.6) is 0 Å². The molecule has 2 aliphatic heterocycles. The molecule has 0 unspecified atom stereocenters. The molecule has 0 aromatic carbocycles. The molecule has 18 heavy (non-hydrogen) atoms. The van der Waals surface area contributed by atoms with Crippen molar-refractivity contribution in [3.8, 4) is 0 Å². The first-order valence-corrected chi connectivity index (χ1v) is 6.54. The summed E-state index contributed by atoms with van der Waals surface area (Å²) in [7, 11) is 1.73. The van der Waals surface area contributed by atoms with Gasteiger partial charge in [0.1, 0.15) is 0 Å². The van der Waals surface area contributed by atoms with Gasteiger partial charge >= 0.3 is 0 Å². The molecule has 0 saturated carbocycles. The van der Waals surface area contributed by atoms with Crippen LogP contribution in [0.2, 0.25) is 0 Å². The second kappa shape index (κ2) is 5.34. The Kier molecular flexibility index (Phi) is 3.58. The molecule has 0 radical (unpaired) electrons. The topological polar surface area (TPSA) is 69.4 Å². The number of nitrogens with zero attached hydrogens (tertiary/aromatic N) is 2. The Morgan fingerprint density at radius 1 is 1.33 bits per heavy atom. The number of methoxy groups -OCH3 is 1. The van der Waals surface area contributed by atoms with Crippen molar-refractivity contribution in [2.24, 2.45) is 0 Å². The minimum atomic E-state index is 0.135. The summed E-state index contributed by atoms with van der Waals surface area (Å²) in [6, 6.07) is 0.135. The molecule has 0 spiro atoms. The van der Waals surface area contributed by atoms with Gasteiger partial charge in [0.05, 0.1) is 12.1 Å². The fraction of sp³-hybridized carbons (Fsp3) is 0.833. The van der Waals surface area contributed by atoms with E-state index in [2.05, 4.69) is 15.5 Å². The van der Waals surface area contributed by atoms with Gasteiger partial charge in [-0.25, -0.2) is 0 Å². The molecular weight excluding hydrogens is 234 g/mol. The van der Waals surface area contributed by atoms with Crippen molar-refractivity contribution in [3.63, 3.8) is 0 Å². The van der Waals surface area contributed by atoms with E-state index in [1.54, 1.807) is 7.11 Å². The summed E-state index contributed by atoms with van der Waals surface area (Å²) in [4.78, 5) is 4.53. The fourth-order valence-electron chi connectivity index (χ4n) is 2.58. The van der Waals surface area contributed by atoms with E-state index >= 15 is 0 Å². The summed E-state index contributed by atoms with van der Waals surface area (Å²) in [6.07, 6.45) is 3.11. The van der Waals surface area contributed by atoms with Crippen molar-refractivity contribution >= 4 is 0 Å². The lowest BCUT2D eigenvalue weighted by molar-refractivity contribution is 0.0830. The second-order valence-corrected chi connectivity index (χ2v) is 4.93. The molecule has 0 aliphatic carbocycles. The van der Waals surface area contributed by atoms with Gasteiger partial charge in [0, 0.05) is 32.8 Å². The number of hydrogen-bond donors (Lipinski definition) is 1. The molecule has 0 amide bonds. The number of ether oxygens (including phenoxy) is 2. The monoisotopic (exact) mass is 253 g/mol. The minimum absolute atomic E-state index is 0.135. The van der Waals surface area contributed by atoms with E-state index in [0.717, 1.165) is 44.8 Å². The van der Waals surface area contributed by atoms with Crippen molar-refractivity contribution in [1.29, 1.82) is 0 Å². The van der Waals surface area contributed by atoms with Gasteiger partial charge in [-0.05, 0) is 19.3 Å². The zero-order valence-electron chi connectivity index (χ0n) is 10.6. The first-order valence-electron chi connectivity index (χ1n) is 6.54. The lowest BCUT2D eigenvalue weighted by Gasteiger charge is -2.18. The molecule has 3 heterocycles. The highest BCUT2D eigenvalue weighted by atomic mass is 16.5. The van der Waals surface area contributed by atoms with Crippen LogP contribution in [-0.4, -0.2) is 43.1 Å². The highest BCUT2D eigenvalue weighted by Crippen LogP contribution is 2.28. The van der Waals surface area contributed by atoms with Crippen LogP contribution < -0.4 is 5.32 Å². The van der Waals surface area contributed by atoms with Crippen LogP contribution in [0.25, 0.3) is 0 Å². The van der Waals surface area contributed by atoms with Crippen LogP contribution in [0.1, 0.15) is 42.9 Å². The molecule has 3 rings (SSSR count). The molecule has 0 bridgehead atoms. The number of hydrogen-bond acceptors (Lipinski definition) is 6. The Bertz CT molecular complexity index is 390. The van der Waals surface area contributed by atoms with Gasteiger partial charge in [0.25, 0.3) is 0 Å². The van der Waals surface area contributed by atoms with E-state index in [1.807, 2.05) is 0 Å². The van der Waals surface area contributed by atoms with Crippen LogP contribution >= 0.6 is 0 Å². The number of aromatic nitrogens is 2. The van der Waals surface area contributed by atoms with Crippen molar-refractivity contribution < 1.29 is 14.0 Å². The lowest BCUT2D eigenvalue weighted by atomic mass is 10.00. The van der Waals surface area contributed by atoms with Crippen molar-refractivity contribution in [1.82, 2.24) is 15.5 Å². The van der Waals surface area contributed by atoms with Gasteiger partial charge in [-0.1, -0.05) is 5.16 Å². The zero-order valence-corrected chi connectivity index (χ0v) is 10.6. The molecule has 2 saturated heterocycles. The van der Waals surface area contributed by atoms with E-state index in [4.69, 9.17) is 14.0 Å². The Labute approximate surface area is 106 Å². The average Bonchev–Trinajstić information content (AvgIpc) is 3.08. The van der Waals surface area contributed by atoms with Gasteiger partial charge in [-0.3, -0.25) is 0 Å². The predicted octanol–water partition coefficient (Wildman–Crippen LogP) is 1.01. The second-order valence-electron chi connectivity index (χ2n) is 4.93. The quantitative estimate of drug-likeness (QED) is 0.867. The van der Waals surface area contributed by atoms with Gasteiger partial charge in [0.15, 0.2) is 5.82 Å². The highest BCUT2D eigenvalue weighted by Gasteiger charge is 2.30. The van der Waals surface area contributed by atoms with Crippen LogP contribution in [-0.2, 0) is 9.47 Å². The largest absolute Gasteiger partial charge is 0.381 e. The molecule has 2 aliphatic rings. The molecule has 1 N–H and O–H groups in total. The maximum Gasteiger partial charge on any atom is 0.243 e. The first kappa shape index (κ1) is 12.1. The number of rotatable bonds is 3. The maximum atomic E-state index is 5.37. The molecule has 6 nitrogen and oxygen atoms in total. The molecule has 1 aromatic heterocycles. The van der Waals surface area contributed by atoms with Crippen molar-refractivity contribution in [2.45, 2.75) is 37.3 Å². The third-order valence-electron chi connectivity index (χ3n) is 3.77. The average molecular weight is 253 g/mol. The van der Waals surface area contributed by atoms with E-state index < -0.39 is 0 Å². The smallest absolute Gasteiger partial charge is 0.243 e. The summed E-state index contributed by atoms with van der Waals surface area (Å²) < 4.78 is 16.0. The first-order chi connectivity index (χ1) is 8.86. The van der Waals surface area contributed by atoms with Crippen LogP contribution in [0.4, 0.5) is 0 Å². The van der Waals surface area contributed by atoms with Crippen LogP contribution in [0.15, 0.2) is 4.52 Å². The molecule has 2 fully saturated rings. The number of nitrogens with one attached hydrogen (secondary N) is 1. The van der Waals surface area contributed by atoms with Gasteiger partial charge in [0.2, 0.25) is 5.89 Å². The summed E-state index contributed by atoms with van der Waals surface area (Å²) >= 11 is 0. The normalized spacial score (nSPS) is 29.8. The standard InChI is InChI=1S/C12H19N3O3/c1-16-9-6-10(13-7-9)12-14-11(15-18-12)8-2-4-17-5-3-8/h8-10,13H,2-7H2,1H3/t9-,10+/m0/s1. The third kappa shape index (κ3) is 2.41. The Morgan fingerprint density at radius 2 is 2.17 bits per heavy atom. The molecule has 6 heteroatoms. The Morgan fingerprint density at radius 3 is 2.89 bits per heavy atom. The summed E-state index contributed by atoms with van der Waals surface area (Å²) in [5, 5.41) is 7.46. The van der Waals surface area contributed by atoms with Gasteiger partial charge in [-0.15, -0.1) is 0 Å². The van der Waals surface area contributed by atoms with Crippen molar-refractivity contribution in [2.75, 3.05) is 26.9 Å². The zero-order chi connectivity index (χ0) is 12.4. The molecular formula is C12H19N3O3. The van der Waals surface area contributed by atoms with E-state index in [1.165, 1.54) is 0 Å². The Balaban J connectivity index is 1.66. The molecule has 100 valence electrons. The Hall–Kier alpha value is -0.980. The highest BCUT2D eigenvalue weighted by molar-refractivity contribution is 5.02. The summed E-state index contributed by atoms with van der Waals surface area (Å²) in [6.45, 7) is 2.43.